The molecule has 0 aromatic heterocycles. The van der Waals surface area contributed by atoms with Gasteiger partial charge in [-0.3, -0.25) is 0 Å². The van der Waals surface area contributed by atoms with Crippen molar-refractivity contribution in [1.29, 1.82) is 0 Å². The molecule has 0 N–H and O–H groups in total. The van der Waals surface area contributed by atoms with Crippen molar-refractivity contribution in [2.45, 2.75) is 42.2 Å². The van der Waals surface area contributed by atoms with E-state index in [9.17, 15) is 0 Å². The summed E-state index contributed by atoms with van der Waals surface area (Å²) in [5, 5.41) is 0. The quantitative estimate of drug-likeness (QED) is 0.309. The molecule has 0 radical (unpaired) electrons. The minimum absolute atomic E-state index is 0. The Kier molecular flexibility index (Phi) is 9.03. The van der Waals surface area contributed by atoms with E-state index in [4.69, 9.17) is 0 Å². The van der Waals surface area contributed by atoms with Gasteiger partial charge in [-0.05, 0) is 0 Å². The molecule has 0 spiro atoms. The van der Waals surface area contributed by atoms with Crippen molar-refractivity contribution in [3.05, 3.63) is 152 Å². The Bertz CT molecular complexity index is 1470. The molecule has 3 heteroatoms. The van der Waals surface area contributed by atoms with Crippen molar-refractivity contribution in [1.82, 2.24) is 0 Å². The molecule has 0 saturated heterocycles. The molecule has 0 unspecified atom stereocenters. The van der Waals surface area contributed by atoms with Crippen LogP contribution in [0, 0.1) is 0 Å². The first-order chi connectivity index (χ1) is 18.3. The SMILES string of the molecule is C1=CC[C]([Zr+2](=[C]2CCC2)[CH]2c3ccc(Cc4ccccc4)cc3-c3cc(Cc4ccccc4)ccc32)=C1.[Cl-].[Cl-]. The van der Waals surface area contributed by atoms with Gasteiger partial charge in [0.05, 0.1) is 0 Å². The average Bonchev–Trinajstić information content (AvgIpc) is 3.54. The standard InChI is InChI=1S/C27H21.C5H5.C4H6.2ClH.Zr/c1-3-7-20(8-4-1)15-22-11-13-24-19-25-14-12-23(18-27(25)26(24)17-22)16-21-9-5-2-6-10-21;1-2-4-5-3-1;1-2-4-3-1;;;/h1-14,17-19H,15-16H2;1-3H,4H2;1-3H2;2*1H;/q;;;;;+2/p-2. The van der Waals surface area contributed by atoms with Crippen molar-refractivity contribution in [2.75, 3.05) is 0 Å². The van der Waals surface area contributed by atoms with E-state index in [1.54, 1.807) is 11.1 Å². The molecule has 0 atom stereocenters. The molecule has 39 heavy (non-hydrogen) atoms. The van der Waals surface area contributed by atoms with Crippen LogP contribution in [0.15, 0.2) is 119 Å². The molecule has 4 aromatic carbocycles. The fourth-order valence-corrected chi connectivity index (χ4v) is 15.9. The summed E-state index contributed by atoms with van der Waals surface area (Å²) in [6.07, 6.45) is 14.5. The van der Waals surface area contributed by atoms with Gasteiger partial charge in [-0.1, -0.05) is 0 Å². The summed E-state index contributed by atoms with van der Waals surface area (Å²) < 4.78 is 4.40. The molecule has 4 aromatic rings. The van der Waals surface area contributed by atoms with E-state index in [0.29, 0.717) is 3.63 Å². The third-order valence-electron chi connectivity index (χ3n) is 8.39. The smallest absolute Gasteiger partial charge is 1.00 e. The second-order valence-corrected chi connectivity index (χ2v) is 17.6. The number of hydrogen-bond acceptors (Lipinski definition) is 0. The maximum atomic E-state index is 2.53. The maximum absolute atomic E-state index is 2.53. The van der Waals surface area contributed by atoms with E-state index in [0.717, 1.165) is 12.8 Å². The molecule has 0 heterocycles. The summed E-state index contributed by atoms with van der Waals surface area (Å²) in [5.41, 5.74) is 11.9. The number of benzene rings is 4. The Morgan fingerprint density at radius 3 is 1.59 bits per heavy atom. The van der Waals surface area contributed by atoms with Crippen molar-refractivity contribution in [3.8, 4) is 11.1 Å². The van der Waals surface area contributed by atoms with Gasteiger partial charge in [0.15, 0.2) is 0 Å². The van der Waals surface area contributed by atoms with Gasteiger partial charge in [-0.15, -0.1) is 0 Å². The van der Waals surface area contributed by atoms with E-state index in [1.807, 2.05) is 6.49 Å². The zero-order valence-corrected chi connectivity index (χ0v) is 26.0. The third-order valence-corrected chi connectivity index (χ3v) is 17.1. The first kappa shape index (κ1) is 28.2. The van der Waals surface area contributed by atoms with E-state index in [-0.39, 0.29) is 24.8 Å². The first-order valence-electron chi connectivity index (χ1n) is 13.8. The maximum Gasteiger partial charge on any atom is -1.00 e. The molecule has 3 aliphatic carbocycles. The topological polar surface area (TPSA) is 0 Å². The van der Waals surface area contributed by atoms with Crippen molar-refractivity contribution in [3.63, 3.8) is 0 Å². The van der Waals surface area contributed by atoms with E-state index in [2.05, 4.69) is 115 Å². The fraction of sp³-hybridized carbons (Fsp3) is 0.194. The molecule has 0 nitrogen and oxygen atoms in total. The van der Waals surface area contributed by atoms with Crippen LogP contribution in [-0.4, -0.2) is 3.21 Å². The van der Waals surface area contributed by atoms with E-state index < -0.39 is 21.3 Å². The van der Waals surface area contributed by atoms with Crippen LogP contribution >= 0.6 is 0 Å². The Morgan fingerprint density at radius 2 is 1.15 bits per heavy atom. The minimum atomic E-state index is -2.02. The first-order valence-corrected chi connectivity index (χ1v) is 17.6. The third kappa shape index (κ3) is 5.65. The molecular formula is C36H32Cl2Zr. The van der Waals surface area contributed by atoms with Crippen LogP contribution in [0.4, 0.5) is 0 Å². The van der Waals surface area contributed by atoms with Gasteiger partial charge in [0.2, 0.25) is 0 Å². The molecule has 0 aliphatic heterocycles. The predicted octanol–water partition coefficient (Wildman–Crippen LogP) is 2.76. The summed E-state index contributed by atoms with van der Waals surface area (Å²) in [6, 6.07) is 36.8. The fourth-order valence-electron chi connectivity index (χ4n) is 6.42. The van der Waals surface area contributed by atoms with Gasteiger partial charge < -0.3 is 24.8 Å². The molecule has 3 aliphatic rings. The number of halogens is 2. The summed E-state index contributed by atoms with van der Waals surface area (Å²) >= 11 is -2.02. The zero-order valence-electron chi connectivity index (χ0n) is 22.0. The molecule has 1 fully saturated rings. The Labute approximate surface area is 252 Å². The van der Waals surface area contributed by atoms with Crippen molar-refractivity contribution in [2.24, 2.45) is 0 Å². The molecule has 0 amide bonds. The van der Waals surface area contributed by atoms with Gasteiger partial charge >= 0.3 is 230 Å². The monoisotopic (exact) mass is 624 g/mol. The Balaban J connectivity index is 0.00000154. The summed E-state index contributed by atoms with van der Waals surface area (Å²) in [5.74, 6) is 0. The van der Waals surface area contributed by atoms with Gasteiger partial charge in [-0.25, -0.2) is 0 Å². The second kappa shape index (κ2) is 12.5. The molecule has 7 rings (SSSR count). The zero-order chi connectivity index (χ0) is 24.6. The van der Waals surface area contributed by atoms with Crippen LogP contribution in [0.1, 0.15) is 62.7 Å². The van der Waals surface area contributed by atoms with Crippen LogP contribution in [0.5, 0.6) is 0 Å². The Hall–Kier alpha value is -2.31. The van der Waals surface area contributed by atoms with Crippen LogP contribution < -0.4 is 24.8 Å². The molecule has 0 bridgehead atoms. The summed E-state index contributed by atoms with van der Waals surface area (Å²) in [7, 11) is 0. The number of allylic oxidation sites excluding steroid dienone is 4. The Morgan fingerprint density at radius 1 is 0.615 bits per heavy atom. The predicted molar refractivity (Wildman–Crippen MR) is 153 cm³/mol. The molecule has 1 saturated carbocycles. The molecular weight excluding hydrogens is 595 g/mol. The number of hydrogen-bond donors (Lipinski definition) is 0. The summed E-state index contributed by atoms with van der Waals surface area (Å²) in [4.78, 5) is 0. The second-order valence-electron chi connectivity index (χ2n) is 10.8. The van der Waals surface area contributed by atoms with Crippen LogP contribution in [0.2, 0.25) is 0 Å². The number of rotatable bonds is 6. The van der Waals surface area contributed by atoms with Gasteiger partial charge in [0.1, 0.15) is 0 Å². The van der Waals surface area contributed by atoms with Crippen LogP contribution in [-0.2, 0) is 34.1 Å². The van der Waals surface area contributed by atoms with Crippen molar-refractivity contribution >= 4 is 3.21 Å². The number of fused-ring (bicyclic) bond motifs is 3. The normalized spacial score (nSPS) is 14.7. The van der Waals surface area contributed by atoms with Crippen LogP contribution in [0.25, 0.3) is 11.1 Å². The van der Waals surface area contributed by atoms with Crippen LogP contribution in [0.3, 0.4) is 0 Å². The molecule has 194 valence electrons. The van der Waals surface area contributed by atoms with Gasteiger partial charge in [-0.2, -0.15) is 0 Å². The van der Waals surface area contributed by atoms with Gasteiger partial charge in [0.25, 0.3) is 0 Å². The largest absolute Gasteiger partial charge is 1.00 e. The van der Waals surface area contributed by atoms with E-state index in [1.165, 1.54) is 59.1 Å². The average molecular weight is 627 g/mol. The van der Waals surface area contributed by atoms with Gasteiger partial charge in [0, 0.05) is 0 Å². The van der Waals surface area contributed by atoms with E-state index >= 15 is 0 Å². The minimum Gasteiger partial charge on any atom is -1.00 e. The van der Waals surface area contributed by atoms with Crippen molar-refractivity contribution < 1.29 is 46.1 Å². The summed E-state index contributed by atoms with van der Waals surface area (Å²) in [6.45, 7) is 0.